The minimum Gasteiger partial charge on any atom is -0.378 e. The third-order valence-corrected chi connectivity index (χ3v) is 5.74. The van der Waals surface area contributed by atoms with Crippen LogP contribution in [0.5, 0.6) is 0 Å². The number of nitrogens with zero attached hydrogens (tertiary/aromatic N) is 2. The van der Waals surface area contributed by atoms with E-state index in [1.807, 2.05) is 36.4 Å². The van der Waals surface area contributed by atoms with Gasteiger partial charge in [0.2, 0.25) is 0 Å². The highest BCUT2D eigenvalue weighted by atomic mass is 15.1. The van der Waals surface area contributed by atoms with Crippen molar-refractivity contribution in [2.75, 3.05) is 19.0 Å². The molecule has 0 N–H and O–H groups in total. The number of hydrogen-bond acceptors (Lipinski definition) is 2. The summed E-state index contributed by atoms with van der Waals surface area (Å²) in [5, 5.41) is 12.4. The first kappa shape index (κ1) is 20.4. The lowest BCUT2D eigenvalue weighted by atomic mass is 9.93. The highest BCUT2D eigenvalue weighted by Crippen LogP contribution is 2.30. The molecule has 0 bridgehead atoms. The average Bonchev–Trinajstić information content (AvgIpc) is 2.82. The zero-order valence-electron chi connectivity index (χ0n) is 18.3. The van der Waals surface area contributed by atoms with E-state index in [0.29, 0.717) is 5.57 Å². The fraction of sp³-hybridized carbons (Fsp3) is 0.138. The number of benzene rings is 4. The molecule has 31 heavy (non-hydrogen) atoms. The smallest absolute Gasteiger partial charge is 0.0998 e. The Kier molecular flexibility index (Phi) is 5.87. The molecule has 152 valence electrons. The number of fused-ring (bicyclic) bond motifs is 1. The van der Waals surface area contributed by atoms with Crippen LogP contribution in [-0.4, -0.2) is 14.1 Å². The summed E-state index contributed by atoms with van der Waals surface area (Å²) < 4.78 is 0. The monoisotopic (exact) mass is 402 g/mol. The molecule has 2 nitrogen and oxygen atoms in total. The Hall–Kier alpha value is -3.83. The van der Waals surface area contributed by atoms with Crippen molar-refractivity contribution in [3.63, 3.8) is 0 Å². The first-order valence-corrected chi connectivity index (χ1v) is 10.6. The summed E-state index contributed by atoms with van der Waals surface area (Å²) in [6.45, 7) is 2.17. The summed E-state index contributed by atoms with van der Waals surface area (Å²) in [5.41, 5.74) is 7.52. The van der Waals surface area contributed by atoms with Crippen LogP contribution in [0.15, 0.2) is 84.9 Å². The average molecular weight is 403 g/mol. The maximum Gasteiger partial charge on any atom is 0.0998 e. The Labute approximate surface area is 184 Å². The van der Waals surface area contributed by atoms with E-state index >= 15 is 0 Å². The number of allylic oxidation sites excluding steroid dienone is 1. The molecule has 0 atom stereocenters. The van der Waals surface area contributed by atoms with E-state index in [-0.39, 0.29) is 0 Å². The predicted molar refractivity (Wildman–Crippen MR) is 133 cm³/mol. The lowest BCUT2D eigenvalue weighted by molar-refractivity contribution is 1.13. The highest BCUT2D eigenvalue weighted by Gasteiger charge is 2.09. The summed E-state index contributed by atoms with van der Waals surface area (Å²) >= 11 is 0. The van der Waals surface area contributed by atoms with Crippen LogP contribution in [0.3, 0.4) is 0 Å². The molecule has 2 heteroatoms. The summed E-state index contributed by atoms with van der Waals surface area (Å²) in [6, 6.07) is 31.8. The number of rotatable bonds is 5. The topological polar surface area (TPSA) is 27.0 Å². The van der Waals surface area contributed by atoms with E-state index in [4.69, 9.17) is 0 Å². The lowest BCUT2D eigenvalue weighted by Gasteiger charge is -2.15. The molecule has 0 aromatic heterocycles. The van der Waals surface area contributed by atoms with Crippen molar-refractivity contribution in [1.82, 2.24) is 0 Å². The van der Waals surface area contributed by atoms with Crippen LogP contribution in [0.4, 0.5) is 5.69 Å². The van der Waals surface area contributed by atoms with E-state index < -0.39 is 0 Å². The van der Waals surface area contributed by atoms with Crippen molar-refractivity contribution < 1.29 is 0 Å². The molecule has 4 aromatic rings. The molecule has 0 saturated heterocycles. The maximum atomic E-state index is 9.88. The van der Waals surface area contributed by atoms with Crippen LogP contribution in [0.1, 0.15) is 23.6 Å². The van der Waals surface area contributed by atoms with Gasteiger partial charge in [0.25, 0.3) is 0 Å². The van der Waals surface area contributed by atoms with Crippen molar-refractivity contribution in [2.24, 2.45) is 0 Å². The molecule has 0 radical (unpaired) electrons. The van der Waals surface area contributed by atoms with Crippen molar-refractivity contribution in [3.8, 4) is 17.2 Å². The van der Waals surface area contributed by atoms with E-state index in [1.165, 1.54) is 27.6 Å². The summed E-state index contributed by atoms with van der Waals surface area (Å²) in [4.78, 5) is 2.12. The van der Waals surface area contributed by atoms with Crippen LogP contribution in [0.25, 0.3) is 33.5 Å². The van der Waals surface area contributed by atoms with Crippen molar-refractivity contribution in [3.05, 3.63) is 102 Å². The Morgan fingerprint density at radius 1 is 0.871 bits per heavy atom. The minimum absolute atomic E-state index is 0.679. The van der Waals surface area contributed by atoms with E-state index in [9.17, 15) is 5.26 Å². The van der Waals surface area contributed by atoms with Gasteiger partial charge in [-0.1, -0.05) is 79.7 Å². The normalized spacial score (nSPS) is 11.4. The van der Waals surface area contributed by atoms with Gasteiger partial charge in [-0.3, -0.25) is 0 Å². The molecule has 0 spiro atoms. The van der Waals surface area contributed by atoms with Gasteiger partial charge in [-0.15, -0.1) is 0 Å². The van der Waals surface area contributed by atoms with Crippen LogP contribution in [0, 0.1) is 11.3 Å². The van der Waals surface area contributed by atoms with Gasteiger partial charge in [0.15, 0.2) is 0 Å². The van der Waals surface area contributed by atoms with Crippen molar-refractivity contribution >= 4 is 28.1 Å². The molecule has 4 aromatic carbocycles. The van der Waals surface area contributed by atoms with Gasteiger partial charge in [-0.05, 0) is 63.2 Å². The number of nitriles is 1. The molecule has 0 aliphatic heterocycles. The Bertz CT molecular complexity index is 1270. The van der Waals surface area contributed by atoms with Crippen LogP contribution in [0.2, 0.25) is 0 Å². The number of hydrogen-bond donors (Lipinski definition) is 0. The quantitative estimate of drug-likeness (QED) is 0.261. The SMILES string of the molecule is CCc1c(/C=C(\C#N)c2ccc(-c3ccccc3)cc2)ccc2cc(N(C)C)ccc12. The number of anilines is 1. The van der Waals surface area contributed by atoms with Gasteiger partial charge in [0, 0.05) is 19.8 Å². The summed E-state index contributed by atoms with van der Waals surface area (Å²) in [7, 11) is 4.11. The molecular formula is C29H26N2. The first-order chi connectivity index (χ1) is 15.1. The second kappa shape index (κ2) is 8.90. The fourth-order valence-corrected chi connectivity index (χ4v) is 4.01. The largest absolute Gasteiger partial charge is 0.378 e. The van der Waals surface area contributed by atoms with Crippen LogP contribution < -0.4 is 4.90 Å². The molecule has 0 aliphatic rings. The molecule has 0 amide bonds. The molecule has 0 aliphatic carbocycles. The standard InChI is InChI=1S/C29H26N2/c1-4-28-24(14-15-25-19-27(31(2)3)16-17-29(25)28)18-26(20-30)23-12-10-22(11-13-23)21-8-6-5-7-9-21/h5-19H,4H2,1-3H3/b26-18+. The zero-order valence-corrected chi connectivity index (χ0v) is 18.3. The minimum atomic E-state index is 0.679. The first-order valence-electron chi connectivity index (χ1n) is 10.6. The fourth-order valence-electron chi connectivity index (χ4n) is 4.01. The lowest BCUT2D eigenvalue weighted by Crippen LogP contribution is -2.08. The molecule has 0 heterocycles. The summed E-state index contributed by atoms with van der Waals surface area (Å²) in [5.74, 6) is 0. The second-order valence-corrected chi connectivity index (χ2v) is 7.90. The Morgan fingerprint density at radius 3 is 2.23 bits per heavy atom. The maximum absolute atomic E-state index is 9.88. The van der Waals surface area contributed by atoms with Crippen LogP contribution >= 0.6 is 0 Å². The molecule has 0 unspecified atom stereocenters. The molecular weight excluding hydrogens is 376 g/mol. The highest BCUT2D eigenvalue weighted by molar-refractivity contribution is 5.96. The molecule has 0 saturated carbocycles. The van der Waals surface area contributed by atoms with Gasteiger partial charge in [-0.25, -0.2) is 0 Å². The zero-order chi connectivity index (χ0) is 21.8. The van der Waals surface area contributed by atoms with Gasteiger partial charge in [0.05, 0.1) is 11.6 Å². The third-order valence-electron chi connectivity index (χ3n) is 5.74. The van der Waals surface area contributed by atoms with Crippen molar-refractivity contribution in [2.45, 2.75) is 13.3 Å². The molecule has 0 fully saturated rings. The second-order valence-electron chi connectivity index (χ2n) is 7.90. The third kappa shape index (κ3) is 4.22. The van der Waals surface area contributed by atoms with Gasteiger partial charge < -0.3 is 4.90 Å². The predicted octanol–water partition coefficient (Wildman–Crippen LogP) is 7.20. The van der Waals surface area contributed by atoms with E-state index in [1.54, 1.807) is 0 Å². The van der Waals surface area contributed by atoms with E-state index in [0.717, 1.165) is 23.1 Å². The molecule has 4 rings (SSSR count). The van der Waals surface area contributed by atoms with Crippen LogP contribution in [-0.2, 0) is 6.42 Å². The van der Waals surface area contributed by atoms with Gasteiger partial charge >= 0.3 is 0 Å². The number of aryl methyl sites for hydroxylation is 1. The van der Waals surface area contributed by atoms with Crippen molar-refractivity contribution in [1.29, 1.82) is 5.26 Å². The Morgan fingerprint density at radius 2 is 1.58 bits per heavy atom. The summed E-state index contributed by atoms with van der Waals surface area (Å²) in [6.07, 6.45) is 2.94. The Balaban J connectivity index is 1.73. The van der Waals surface area contributed by atoms with E-state index in [2.05, 4.69) is 86.6 Å². The van der Waals surface area contributed by atoms with Gasteiger partial charge in [-0.2, -0.15) is 5.26 Å². The van der Waals surface area contributed by atoms with Gasteiger partial charge in [0.1, 0.15) is 0 Å².